The van der Waals surface area contributed by atoms with Gasteiger partial charge in [0, 0.05) is 17.4 Å². The number of thiazole rings is 1. The van der Waals surface area contributed by atoms with Crippen molar-refractivity contribution in [1.29, 1.82) is 0 Å². The molecule has 0 saturated carbocycles. The standard InChI is InChI=1S/C13H14N6O2S/c1-8-5-10(9(2)21-8)11-6-22-13(15-11)16-12(20)3-4-19-7-14-17-18-19/h5-7H,3-4H2,1-2H3,(H,15,16,20). The highest BCUT2D eigenvalue weighted by molar-refractivity contribution is 7.14. The van der Waals surface area contributed by atoms with E-state index in [1.54, 1.807) is 0 Å². The van der Waals surface area contributed by atoms with Crippen LogP contribution in [0.1, 0.15) is 17.9 Å². The lowest BCUT2D eigenvalue weighted by atomic mass is 10.2. The van der Waals surface area contributed by atoms with E-state index in [-0.39, 0.29) is 12.3 Å². The van der Waals surface area contributed by atoms with Gasteiger partial charge < -0.3 is 9.73 Å². The normalized spacial score (nSPS) is 10.8. The molecule has 3 aromatic rings. The molecule has 0 aliphatic heterocycles. The average Bonchev–Trinajstić information content (AvgIpc) is 3.18. The smallest absolute Gasteiger partial charge is 0.228 e. The molecule has 8 nitrogen and oxygen atoms in total. The molecule has 0 saturated heterocycles. The number of nitrogens with one attached hydrogen (secondary N) is 1. The maximum absolute atomic E-state index is 11.9. The van der Waals surface area contributed by atoms with Gasteiger partial charge in [0.25, 0.3) is 0 Å². The molecule has 0 unspecified atom stereocenters. The highest BCUT2D eigenvalue weighted by Crippen LogP contribution is 2.29. The SMILES string of the molecule is Cc1cc(-c2csc(NC(=O)CCn3cnnn3)n2)c(C)o1. The van der Waals surface area contributed by atoms with Gasteiger partial charge in [0.15, 0.2) is 5.13 Å². The number of aryl methyl sites for hydroxylation is 3. The minimum absolute atomic E-state index is 0.128. The van der Waals surface area contributed by atoms with Crippen LogP contribution in [-0.4, -0.2) is 31.1 Å². The molecule has 0 aliphatic carbocycles. The maximum Gasteiger partial charge on any atom is 0.228 e. The Morgan fingerprint density at radius 2 is 2.32 bits per heavy atom. The third-order valence-electron chi connectivity index (χ3n) is 3.03. The van der Waals surface area contributed by atoms with Crippen molar-refractivity contribution in [2.75, 3.05) is 5.32 Å². The summed E-state index contributed by atoms with van der Waals surface area (Å²) in [7, 11) is 0. The van der Waals surface area contributed by atoms with Crippen molar-refractivity contribution < 1.29 is 9.21 Å². The summed E-state index contributed by atoms with van der Waals surface area (Å²) in [5, 5.41) is 16.0. The number of carbonyl (C=O) groups is 1. The number of nitrogens with zero attached hydrogens (tertiary/aromatic N) is 5. The van der Waals surface area contributed by atoms with Crippen molar-refractivity contribution in [3.8, 4) is 11.3 Å². The third kappa shape index (κ3) is 3.19. The first-order valence-electron chi connectivity index (χ1n) is 6.65. The van der Waals surface area contributed by atoms with Crippen molar-refractivity contribution in [3.05, 3.63) is 29.3 Å². The molecule has 0 fully saturated rings. The number of hydrogen-bond donors (Lipinski definition) is 1. The molecular weight excluding hydrogens is 304 g/mol. The molecule has 22 heavy (non-hydrogen) atoms. The summed E-state index contributed by atoms with van der Waals surface area (Å²) >= 11 is 1.38. The Kier molecular flexibility index (Phi) is 3.96. The summed E-state index contributed by atoms with van der Waals surface area (Å²) < 4.78 is 7.00. The Bertz CT molecular complexity index is 776. The van der Waals surface area contributed by atoms with Crippen LogP contribution in [0.4, 0.5) is 5.13 Å². The summed E-state index contributed by atoms with van der Waals surface area (Å²) in [4.78, 5) is 16.3. The molecule has 0 aromatic carbocycles. The van der Waals surface area contributed by atoms with E-state index in [9.17, 15) is 4.79 Å². The molecule has 0 radical (unpaired) electrons. The lowest BCUT2D eigenvalue weighted by Gasteiger charge is -2.00. The van der Waals surface area contributed by atoms with Crippen LogP contribution in [0, 0.1) is 13.8 Å². The van der Waals surface area contributed by atoms with E-state index in [0.717, 1.165) is 22.8 Å². The number of rotatable bonds is 5. The van der Waals surface area contributed by atoms with Crippen molar-refractivity contribution in [1.82, 2.24) is 25.2 Å². The first kappa shape index (κ1) is 14.4. The summed E-state index contributed by atoms with van der Waals surface area (Å²) in [6.07, 6.45) is 1.75. The molecule has 9 heteroatoms. The molecule has 3 heterocycles. The van der Waals surface area contributed by atoms with Crippen LogP contribution >= 0.6 is 11.3 Å². The quantitative estimate of drug-likeness (QED) is 0.773. The topological polar surface area (TPSA) is 98.7 Å². The molecular formula is C13H14N6O2S. The van der Waals surface area contributed by atoms with Gasteiger partial charge in [0.05, 0.1) is 12.2 Å². The minimum atomic E-state index is -0.128. The largest absolute Gasteiger partial charge is 0.466 e. The summed E-state index contributed by atoms with van der Waals surface area (Å²) in [5.41, 5.74) is 1.75. The molecule has 0 bridgehead atoms. The number of carbonyl (C=O) groups excluding carboxylic acids is 1. The minimum Gasteiger partial charge on any atom is -0.466 e. The van der Waals surface area contributed by atoms with Crippen molar-refractivity contribution in [2.45, 2.75) is 26.8 Å². The first-order chi connectivity index (χ1) is 10.6. The molecule has 3 aromatic heterocycles. The first-order valence-corrected chi connectivity index (χ1v) is 7.53. The van der Waals surface area contributed by atoms with E-state index in [0.29, 0.717) is 11.7 Å². The van der Waals surface area contributed by atoms with Gasteiger partial charge in [-0.05, 0) is 30.3 Å². The second-order valence-electron chi connectivity index (χ2n) is 4.74. The number of amides is 1. The number of aromatic nitrogens is 5. The van der Waals surface area contributed by atoms with Crippen molar-refractivity contribution in [3.63, 3.8) is 0 Å². The van der Waals surface area contributed by atoms with Gasteiger partial charge in [-0.3, -0.25) is 4.79 Å². The number of tetrazole rings is 1. The fraction of sp³-hybridized carbons (Fsp3) is 0.308. The fourth-order valence-electron chi connectivity index (χ4n) is 2.02. The van der Waals surface area contributed by atoms with E-state index >= 15 is 0 Å². The predicted molar refractivity (Wildman–Crippen MR) is 80.4 cm³/mol. The lowest BCUT2D eigenvalue weighted by Crippen LogP contribution is -2.14. The fourth-order valence-corrected chi connectivity index (χ4v) is 2.75. The van der Waals surface area contributed by atoms with E-state index in [1.165, 1.54) is 22.3 Å². The van der Waals surface area contributed by atoms with Crippen LogP contribution in [0.5, 0.6) is 0 Å². The van der Waals surface area contributed by atoms with Crippen LogP contribution in [0.3, 0.4) is 0 Å². The molecule has 1 N–H and O–H groups in total. The van der Waals surface area contributed by atoms with Crippen LogP contribution in [0.15, 0.2) is 22.2 Å². The molecule has 1 amide bonds. The van der Waals surface area contributed by atoms with Gasteiger partial charge in [0.2, 0.25) is 5.91 Å². The number of hydrogen-bond acceptors (Lipinski definition) is 7. The maximum atomic E-state index is 11.9. The van der Waals surface area contributed by atoms with Gasteiger partial charge >= 0.3 is 0 Å². The average molecular weight is 318 g/mol. The second-order valence-corrected chi connectivity index (χ2v) is 5.59. The highest BCUT2D eigenvalue weighted by Gasteiger charge is 2.12. The zero-order valence-corrected chi connectivity index (χ0v) is 12.9. The lowest BCUT2D eigenvalue weighted by molar-refractivity contribution is -0.116. The van der Waals surface area contributed by atoms with Gasteiger partial charge in [0.1, 0.15) is 17.8 Å². The van der Waals surface area contributed by atoms with E-state index in [2.05, 4.69) is 25.8 Å². The van der Waals surface area contributed by atoms with Crippen LogP contribution in [0.2, 0.25) is 0 Å². The Hall–Kier alpha value is -2.55. The van der Waals surface area contributed by atoms with Gasteiger partial charge in [-0.25, -0.2) is 9.67 Å². The number of furan rings is 1. The molecule has 0 spiro atoms. The van der Waals surface area contributed by atoms with E-state index in [4.69, 9.17) is 4.42 Å². The Morgan fingerprint density at radius 3 is 3.00 bits per heavy atom. The Morgan fingerprint density at radius 1 is 1.45 bits per heavy atom. The van der Waals surface area contributed by atoms with Crippen LogP contribution in [-0.2, 0) is 11.3 Å². The van der Waals surface area contributed by atoms with E-state index in [1.807, 2.05) is 25.3 Å². The monoisotopic (exact) mass is 318 g/mol. The highest BCUT2D eigenvalue weighted by atomic mass is 32.1. The van der Waals surface area contributed by atoms with Crippen molar-refractivity contribution in [2.24, 2.45) is 0 Å². The van der Waals surface area contributed by atoms with Crippen LogP contribution < -0.4 is 5.32 Å². The summed E-state index contributed by atoms with van der Waals surface area (Å²) in [5.74, 6) is 1.53. The Labute approximate surface area is 130 Å². The summed E-state index contributed by atoms with van der Waals surface area (Å²) in [6.45, 7) is 4.22. The van der Waals surface area contributed by atoms with Crippen LogP contribution in [0.25, 0.3) is 11.3 Å². The third-order valence-corrected chi connectivity index (χ3v) is 3.78. The second kappa shape index (κ2) is 6.06. The van der Waals surface area contributed by atoms with Gasteiger partial charge in [-0.15, -0.1) is 16.4 Å². The van der Waals surface area contributed by atoms with Gasteiger partial charge in [-0.2, -0.15) is 0 Å². The summed E-state index contributed by atoms with van der Waals surface area (Å²) in [6, 6.07) is 1.94. The van der Waals surface area contributed by atoms with Gasteiger partial charge in [-0.1, -0.05) is 0 Å². The zero-order valence-electron chi connectivity index (χ0n) is 12.1. The zero-order chi connectivity index (χ0) is 15.5. The molecule has 3 rings (SSSR count). The Balaban J connectivity index is 1.61. The van der Waals surface area contributed by atoms with Crippen molar-refractivity contribution >= 4 is 22.4 Å². The van der Waals surface area contributed by atoms with E-state index < -0.39 is 0 Å². The predicted octanol–water partition coefficient (Wildman–Crippen LogP) is 2.04. The molecule has 0 atom stereocenters. The number of anilines is 1. The molecule has 0 aliphatic rings. The molecule has 114 valence electrons.